The van der Waals surface area contributed by atoms with Gasteiger partial charge >= 0.3 is 0 Å². The molecule has 2 aliphatic heterocycles. The first-order chi connectivity index (χ1) is 35.5. The monoisotopic (exact) mass is 916 g/mol. The molecule has 3 aromatic heterocycles. The maximum atomic E-state index is 5.55. The van der Waals surface area contributed by atoms with Crippen LogP contribution in [0, 0.1) is 0 Å². The lowest BCUT2D eigenvalue weighted by atomic mass is 9.87. The molecular formula is C64H36N8. The highest BCUT2D eigenvalue weighted by atomic mass is 15.1. The van der Waals surface area contributed by atoms with Gasteiger partial charge in [0.15, 0.2) is 11.6 Å². The van der Waals surface area contributed by atoms with E-state index in [0.717, 1.165) is 75.4 Å². The second-order valence-electron chi connectivity index (χ2n) is 19.7. The van der Waals surface area contributed by atoms with E-state index in [9.17, 15) is 0 Å². The fourth-order valence-electron chi connectivity index (χ4n) is 11.9. The fourth-order valence-corrected chi connectivity index (χ4v) is 11.9. The van der Waals surface area contributed by atoms with Gasteiger partial charge in [-0.05, 0) is 171 Å². The fraction of sp³-hybridized carbons (Fsp3) is 0.0312. The summed E-state index contributed by atoms with van der Waals surface area (Å²) in [7, 11) is 0. The number of hydrogen-bond acceptors (Lipinski definition) is 6. The van der Waals surface area contributed by atoms with Gasteiger partial charge in [-0.25, -0.2) is 29.9 Å². The van der Waals surface area contributed by atoms with Crippen LogP contribution in [0.4, 0.5) is 0 Å². The lowest BCUT2D eigenvalue weighted by Crippen LogP contribution is -2.30. The highest BCUT2D eigenvalue weighted by Gasteiger charge is 2.34. The number of aromatic amines is 2. The largest absolute Gasteiger partial charge is 0.324 e. The summed E-state index contributed by atoms with van der Waals surface area (Å²) in [5.74, 6) is 2.16. The molecule has 0 spiro atoms. The average molecular weight is 917 g/mol. The predicted octanol–water partition coefficient (Wildman–Crippen LogP) is 13.7. The van der Waals surface area contributed by atoms with Crippen LogP contribution in [0.2, 0.25) is 0 Å². The quantitative estimate of drug-likeness (QED) is 0.147. The Labute approximate surface area is 408 Å². The van der Waals surface area contributed by atoms with Crippen molar-refractivity contribution in [2.45, 2.75) is 11.8 Å². The van der Waals surface area contributed by atoms with Crippen molar-refractivity contribution in [2.75, 3.05) is 0 Å². The zero-order chi connectivity index (χ0) is 46.8. The normalized spacial score (nSPS) is 15.2. The number of aromatic nitrogens is 8. The third-order valence-corrected chi connectivity index (χ3v) is 15.5. The van der Waals surface area contributed by atoms with Crippen LogP contribution in [0.5, 0.6) is 0 Å². The average Bonchev–Trinajstić information content (AvgIpc) is 4.12. The summed E-state index contributed by atoms with van der Waals surface area (Å²) in [4.78, 5) is 40.4. The molecule has 0 radical (unpaired) electrons. The minimum atomic E-state index is -0.180. The maximum Gasteiger partial charge on any atom is 0.164 e. The van der Waals surface area contributed by atoms with Gasteiger partial charge in [-0.2, -0.15) is 0 Å². The van der Waals surface area contributed by atoms with Gasteiger partial charge in [-0.3, -0.25) is 0 Å². The molecule has 8 heteroatoms. The number of nitrogens with one attached hydrogen (secondary N) is 2. The molecule has 0 amide bonds. The molecule has 2 N–H and O–H groups in total. The first-order valence-corrected chi connectivity index (χ1v) is 24.5. The van der Waals surface area contributed by atoms with Gasteiger partial charge in [0.05, 0.1) is 11.8 Å². The topological polar surface area (TPSA) is 109 Å². The second kappa shape index (κ2) is 14.0. The van der Waals surface area contributed by atoms with Gasteiger partial charge in [-0.15, -0.1) is 0 Å². The van der Waals surface area contributed by atoms with E-state index in [1.807, 2.05) is 0 Å². The zero-order valence-electron chi connectivity index (χ0n) is 38.3. The predicted molar refractivity (Wildman–Crippen MR) is 294 cm³/mol. The number of nitrogens with zero attached hydrogens (tertiary/aromatic N) is 6. The van der Waals surface area contributed by atoms with E-state index in [1.54, 1.807) is 0 Å². The zero-order valence-corrected chi connectivity index (χ0v) is 38.3. The first-order valence-electron chi connectivity index (χ1n) is 24.5. The van der Waals surface area contributed by atoms with E-state index >= 15 is 0 Å². The summed E-state index contributed by atoms with van der Waals surface area (Å²) >= 11 is 0. The number of fused-ring (bicyclic) bond motifs is 28. The summed E-state index contributed by atoms with van der Waals surface area (Å²) < 4.78 is 0. The Bertz CT molecular complexity index is 4830. The molecule has 1 aliphatic carbocycles. The van der Waals surface area contributed by atoms with Gasteiger partial charge in [0, 0.05) is 32.7 Å². The Balaban J connectivity index is 1.03. The second-order valence-corrected chi connectivity index (χ2v) is 19.7. The maximum absolute atomic E-state index is 5.55. The van der Waals surface area contributed by atoms with E-state index in [4.69, 9.17) is 29.9 Å². The van der Waals surface area contributed by atoms with Crippen LogP contribution >= 0.6 is 0 Å². The molecule has 2 atom stereocenters. The van der Waals surface area contributed by atoms with Crippen LogP contribution in [0.25, 0.3) is 154 Å². The molecule has 0 saturated heterocycles. The van der Waals surface area contributed by atoms with Gasteiger partial charge in [0.1, 0.15) is 34.2 Å². The van der Waals surface area contributed by atoms with E-state index in [-0.39, 0.29) is 11.8 Å². The van der Waals surface area contributed by atoms with Crippen molar-refractivity contribution in [3.05, 3.63) is 204 Å². The van der Waals surface area contributed by atoms with Crippen molar-refractivity contribution < 1.29 is 0 Å². The first kappa shape index (κ1) is 38.2. The van der Waals surface area contributed by atoms with Crippen molar-refractivity contribution in [2.24, 2.45) is 0 Å². The van der Waals surface area contributed by atoms with Crippen LogP contribution < -0.4 is 10.4 Å². The van der Waals surface area contributed by atoms with Crippen molar-refractivity contribution in [1.82, 2.24) is 39.9 Å². The molecule has 8 nitrogen and oxygen atoms in total. The molecule has 11 aromatic carbocycles. The van der Waals surface area contributed by atoms with E-state index in [0.29, 0.717) is 45.9 Å². The van der Waals surface area contributed by atoms with Crippen LogP contribution in [-0.4, -0.2) is 39.9 Å². The summed E-state index contributed by atoms with van der Waals surface area (Å²) in [6, 6.07) is 65.7. The number of rotatable bonds is 0. The van der Waals surface area contributed by atoms with Gasteiger partial charge in [0.25, 0.3) is 0 Å². The Morgan fingerprint density at radius 1 is 0.264 bits per heavy atom. The van der Waals surface area contributed by atoms with Crippen LogP contribution in [0.3, 0.4) is 0 Å². The summed E-state index contributed by atoms with van der Waals surface area (Å²) in [5.41, 5.74) is 4.53. The van der Waals surface area contributed by atoms with E-state index < -0.39 is 0 Å². The molecular weight excluding hydrogens is 881 g/mol. The molecule has 2 unspecified atom stereocenters. The smallest absolute Gasteiger partial charge is 0.164 e. The minimum absolute atomic E-state index is 0.180. The lowest BCUT2D eigenvalue weighted by Gasteiger charge is -2.16. The van der Waals surface area contributed by atoms with Gasteiger partial charge < -0.3 is 9.97 Å². The molecule has 8 bridgehead atoms. The highest BCUT2D eigenvalue weighted by Crippen LogP contribution is 2.42. The van der Waals surface area contributed by atoms with Crippen LogP contribution in [0.1, 0.15) is 23.5 Å². The van der Waals surface area contributed by atoms with E-state index in [2.05, 4.69) is 204 Å². The van der Waals surface area contributed by atoms with Crippen molar-refractivity contribution >= 4 is 132 Å². The molecule has 0 saturated carbocycles. The molecule has 17 rings (SSSR count). The number of benzene rings is 11. The Kier molecular flexibility index (Phi) is 7.43. The summed E-state index contributed by atoms with van der Waals surface area (Å²) in [6.45, 7) is 0. The number of hydrogen-bond donors (Lipinski definition) is 2. The van der Waals surface area contributed by atoms with Gasteiger partial charge in [-0.1, -0.05) is 109 Å². The van der Waals surface area contributed by atoms with Crippen molar-refractivity contribution in [3.63, 3.8) is 0 Å². The third kappa shape index (κ3) is 5.63. The third-order valence-electron chi connectivity index (χ3n) is 15.5. The molecule has 14 aromatic rings. The van der Waals surface area contributed by atoms with Gasteiger partial charge in [0.2, 0.25) is 0 Å². The lowest BCUT2D eigenvalue weighted by molar-refractivity contribution is 0.795. The standard InChI is InChI=1S/C64H36N8/c1-2-10-34-18-42-26-50-49(25-41(42)17-33(34)9-1)57-65-58(50)70-60-53-29-45-21-37-13-5-6-14-38(37)22-46(45)30-54(53)62(67-60)72-64-56-32-48-24-40-16-8-7-15-39(40)23-47(48)31-55(56)63(68-64)71-61-52-28-44-20-36-12-4-3-11-35(36)19-43(44)27-51(52)59(66-61)69-57/h1-32,49-50H,(H2,65,66,67,68,69,70,71,72). The number of H-pyrrole nitrogens is 2. The van der Waals surface area contributed by atoms with Crippen molar-refractivity contribution in [3.8, 4) is 22.8 Å². The Morgan fingerprint density at radius 3 is 0.889 bits per heavy atom. The molecule has 0 fully saturated rings. The molecule has 3 aliphatic rings. The Morgan fingerprint density at radius 2 is 0.556 bits per heavy atom. The van der Waals surface area contributed by atoms with E-state index in [1.165, 1.54) is 43.1 Å². The van der Waals surface area contributed by atoms with Crippen molar-refractivity contribution in [1.29, 1.82) is 0 Å². The molecule has 5 heterocycles. The van der Waals surface area contributed by atoms with Crippen LogP contribution in [0.15, 0.2) is 182 Å². The van der Waals surface area contributed by atoms with Crippen LogP contribution in [-0.2, 0) is 0 Å². The minimum Gasteiger partial charge on any atom is -0.324 e. The summed E-state index contributed by atoms with van der Waals surface area (Å²) in [6.07, 6.45) is 4.68. The SMILES string of the molecule is C1=c2cc3ccccc3cc2=CC2c3nc(nc4[nH]c(nc5nc(nc6[nH]c(n3)c3cc7cc8ccccc8cc7cc63)-c3cc6cc7ccccc7cc6cc3-5)c3cc5cc6ccccc6cc5cc43)C12. The highest BCUT2D eigenvalue weighted by molar-refractivity contribution is 6.15. The molecule has 72 heavy (non-hydrogen) atoms. The Hall–Kier alpha value is -9.66. The molecule has 332 valence electrons. The summed E-state index contributed by atoms with van der Waals surface area (Å²) in [5, 5.41) is 22.3.